The van der Waals surface area contributed by atoms with Gasteiger partial charge in [-0.25, -0.2) is 9.18 Å². The maximum Gasteiger partial charge on any atom is 0.328 e. The van der Waals surface area contributed by atoms with Crippen LogP contribution in [0.15, 0.2) is 59.6 Å². The maximum absolute atomic E-state index is 14.3. The molecule has 2 saturated heterocycles. The van der Waals surface area contributed by atoms with E-state index in [9.17, 15) is 9.18 Å². The average molecular weight is 503 g/mol. The fourth-order valence-electron chi connectivity index (χ4n) is 7.34. The molecule has 2 unspecified atom stereocenters. The van der Waals surface area contributed by atoms with E-state index in [0.29, 0.717) is 17.6 Å². The zero-order valence-corrected chi connectivity index (χ0v) is 21.7. The molecule has 1 N–H and O–H groups in total. The Morgan fingerprint density at radius 3 is 2.43 bits per heavy atom. The fourth-order valence-corrected chi connectivity index (χ4v) is 7.34. The molecule has 1 spiro atoms. The van der Waals surface area contributed by atoms with Crippen molar-refractivity contribution in [3.8, 4) is 0 Å². The SMILES string of the molecule is O=C1NC(=NC2CCCCC2)C2(CCN(C3CCCC(c4ccccc4)C3)CC2)N1c1cccc(F)c1. The first-order valence-corrected chi connectivity index (χ1v) is 14.4. The van der Waals surface area contributed by atoms with Gasteiger partial charge in [0.05, 0.1) is 6.04 Å². The highest BCUT2D eigenvalue weighted by Gasteiger charge is 2.53. The Balaban J connectivity index is 1.25. The topological polar surface area (TPSA) is 47.9 Å². The van der Waals surface area contributed by atoms with Crippen molar-refractivity contribution in [2.24, 2.45) is 4.99 Å². The highest BCUT2D eigenvalue weighted by molar-refractivity contribution is 6.19. The Morgan fingerprint density at radius 1 is 0.892 bits per heavy atom. The monoisotopic (exact) mass is 502 g/mol. The molecule has 0 radical (unpaired) electrons. The average Bonchev–Trinajstić information content (AvgIpc) is 3.20. The van der Waals surface area contributed by atoms with Crippen LogP contribution in [-0.2, 0) is 0 Å². The summed E-state index contributed by atoms with van der Waals surface area (Å²) in [4.78, 5) is 23.1. The molecule has 4 fully saturated rings. The third-order valence-corrected chi connectivity index (χ3v) is 9.31. The maximum atomic E-state index is 14.3. The molecule has 5 nitrogen and oxygen atoms in total. The summed E-state index contributed by atoms with van der Waals surface area (Å²) in [5.41, 5.74) is 1.57. The standard InChI is InChI=1S/C31H39FN4O/c32-25-12-8-16-28(22-25)36-30(37)34-29(33-26-13-5-2-6-14-26)31(36)17-19-35(20-18-31)27-15-7-11-24(21-27)23-9-3-1-4-10-23/h1,3-4,8-10,12,16,22,24,26-27H,2,5-7,11,13-15,17-21H2,(H,33,34,37). The number of halogens is 1. The van der Waals surface area contributed by atoms with E-state index in [4.69, 9.17) is 4.99 Å². The number of likely N-dealkylation sites (tertiary alicyclic amines) is 1. The van der Waals surface area contributed by atoms with E-state index in [1.807, 2.05) is 11.0 Å². The summed E-state index contributed by atoms with van der Waals surface area (Å²) in [6.45, 7) is 1.85. The van der Waals surface area contributed by atoms with Gasteiger partial charge in [-0.2, -0.15) is 0 Å². The summed E-state index contributed by atoms with van der Waals surface area (Å²) in [5, 5.41) is 3.15. The largest absolute Gasteiger partial charge is 0.328 e. The lowest BCUT2D eigenvalue weighted by Gasteiger charge is -2.47. The van der Waals surface area contributed by atoms with E-state index in [0.717, 1.165) is 44.6 Å². The quantitative estimate of drug-likeness (QED) is 0.509. The van der Waals surface area contributed by atoms with E-state index >= 15 is 0 Å². The van der Waals surface area contributed by atoms with Gasteiger partial charge in [0.1, 0.15) is 17.2 Å². The summed E-state index contributed by atoms with van der Waals surface area (Å²) < 4.78 is 14.3. The number of benzene rings is 2. The minimum Gasteiger partial charge on any atom is -0.300 e. The second kappa shape index (κ2) is 10.6. The summed E-state index contributed by atoms with van der Waals surface area (Å²) in [6.07, 6.45) is 12.5. The molecule has 2 heterocycles. The number of anilines is 1. The minimum absolute atomic E-state index is 0.171. The number of nitrogens with one attached hydrogen (secondary N) is 1. The Bertz CT molecular complexity index is 1120. The highest BCUT2D eigenvalue weighted by atomic mass is 19.1. The zero-order chi connectivity index (χ0) is 25.2. The smallest absolute Gasteiger partial charge is 0.300 e. The molecule has 2 saturated carbocycles. The lowest BCUT2D eigenvalue weighted by molar-refractivity contribution is 0.106. The molecule has 2 aliphatic carbocycles. The van der Waals surface area contributed by atoms with E-state index in [1.165, 1.54) is 62.6 Å². The lowest BCUT2D eigenvalue weighted by atomic mass is 9.78. The first-order valence-electron chi connectivity index (χ1n) is 14.4. The number of hydrogen-bond donors (Lipinski definition) is 1. The molecule has 2 atom stereocenters. The summed E-state index contributed by atoms with van der Waals surface area (Å²) >= 11 is 0. The van der Waals surface area contributed by atoms with Crippen LogP contribution in [0, 0.1) is 5.82 Å². The summed E-state index contributed by atoms with van der Waals surface area (Å²) in [6, 6.07) is 18.1. The van der Waals surface area contributed by atoms with Gasteiger partial charge in [-0.15, -0.1) is 0 Å². The molecular formula is C31H39FN4O. The van der Waals surface area contributed by atoms with Gasteiger partial charge in [0, 0.05) is 24.8 Å². The van der Waals surface area contributed by atoms with Crippen LogP contribution >= 0.6 is 0 Å². The van der Waals surface area contributed by atoms with Crippen LogP contribution in [0.3, 0.4) is 0 Å². The van der Waals surface area contributed by atoms with Crippen molar-refractivity contribution in [2.75, 3.05) is 18.0 Å². The van der Waals surface area contributed by atoms with Crippen molar-refractivity contribution < 1.29 is 9.18 Å². The van der Waals surface area contributed by atoms with Crippen molar-refractivity contribution in [1.82, 2.24) is 10.2 Å². The zero-order valence-electron chi connectivity index (χ0n) is 21.7. The van der Waals surface area contributed by atoms with Gasteiger partial charge in [0.2, 0.25) is 0 Å². The predicted molar refractivity (Wildman–Crippen MR) is 147 cm³/mol. The molecule has 2 amide bonds. The van der Waals surface area contributed by atoms with E-state index < -0.39 is 5.54 Å². The van der Waals surface area contributed by atoms with Crippen LogP contribution in [0.25, 0.3) is 0 Å². The van der Waals surface area contributed by atoms with Gasteiger partial charge in [0.25, 0.3) is 0 Å². The van der Waals surface area contributed by atoms with Crippen LogP contribution in [0.1, 0.15) is 82.1 Å². The number of nitrogens with zero attached hydrogens (tertiary/aromatic N) is 3. The Labute approximate surface area is 220 Å². The normalized spacial score (nSPS) is 28.1. The minimum atomic E-state index is -0.522. The lowest BCUT2D eigenvalue weighted by Crippen LogP contribution is -2.58. The number of piperidine rings is 1. The summed E-state index contributed by atoms with van der Waals surface area (Å²) in [5.74, 6) is 1.13. The van der Waals surface area contributed by atoms with Crippen molar-refractivity contribution in [1.29, 1.82) is 0 Å². The van der Waals surface area contributed by atoms with Gasteiger partial charge < -0.3 is 4.90 Å². The van der Waals surface area contributed by atoms with Gasteiger partial charge >= 0.3 is 6.03 Å². The van der Waals surface area contributed by atoms with Crippen molar-refractivity contribution in [2.45, 2.75) is 94.2 Å². The number of hydrogen-bond acceptors (Lipinski definition) is 3. The van der Waals surface area contributed by atoms with E-state index in [1.54, 1.807) is 6.07 Å². The number of rotatable bonds is 4. The molecule has 37 heavy (non-hydrogen) atoms. The summed E-state index contributed by atoms with van der Waals surface area (Å²) in [7, 11) is 0. The third-order valence-electron chi connectivity index (χ3n) is 9.31. The van der Waals surface area contributed by atoms with Crippen LogP contribution in [0.2, 0.25) is 0 Å². The van der Waals surface area contributed by atoms with Gasteiger partial charge in [-0.3, -0.25) is 15.2 Å². The Morgan fingerprint density at radius 2 is 1.68 bits per heavy atom. The first kappa shape index (κ1) is 24.6. The van der Waals surface area contributed by atoms with Crippen LogP contribution in [-0.4, -0.2) is 47.5 Å². The van der Waals surface area contributed by atoms with Crippen molar-refractivity contribution in [3.05, 3.63) is 66.0 Å². The van der Waals surface area contributed by atoms with Crippen molar-refractivity contribution in [3.63, 3.8) is 0 Å². The molecule has 2 aromatic carbocycles. The van der Waals surface area contributed by atoms with Gasteiger partial charge in [-0.05, 0) is 74.6 Å². The van der Waals surface area contributed by atoms with Crippen LogP contribution in [0.4, 0.5) is 14.9 Å². The molecule has 2 aliphatic heterocycles. The number of urea groups is 1. The van der Waals surface area contributed by atoms with Crippen LogP contribution < -0.4 is 10.2 Å². The Hall–Kier alpha value is -2.73. The van der Waals surface area contributed by atoms with Crippen molar-refractivity contribution >= 4 is 17.6 Å². The number of carbonyl (C=O) groups excluding carboxylic acids is 1. The van der Waals surface area contributed by atoms with Gasteiger partial charge in [0.15, 0.2) is 0 Å². The van der Waals surface area contributed by atoms with Crippen LogP contribution in [0.5, 0.6) is 0 Å². The molecule has 0 bridgehead atoms. The molecule has 2 aromatic rings. The van der Waals surface area contributed by atoms with Gasteiger partial charge in [-0.1, -0.05) is 62.1 Å². The van der Waals surface area contributed by atoms with E-state index in [2.05, 4.69) is 40.5 Å². The predicted octanol–water partition coefficient (Wildman–Crippen LogP) is 6.65. The Kier molecular flexibility index (Phi) is 7.02. The third kappa shape index (κ3) is 4.93. The molecule has 6 rings (SSSR count). The number of amides is 2. The second-order valence-corrected chi connectivity index (χ2v) is 11.5. The first-order chi connectivity index (χ1) is 18.1. The molecule has 4 aliphatic rings. The van der Waals surface area contributed by atoms with E-state index in [-0.39, 0.29) is 17.9 Å². The number of amidine groups is 1. The number of carbonyl (C=O) groups is 1. The molecule has 0 aromatic heterocycles. The number of aliphatic imine (C=N–C) groups is 1. The highest BCUT2D eigenvalue weighted by Crippen LogP contribution is 2.41. The molecular weight excluding hydrogens is 463 g/mol. The molecule has 196 valence electrons. The second-order valence-electron chi connectivity index (χ2n) is 11.5. The molecule has 6 heteroatoms. The fraction of sp³-hybridized carbons (Fsp3) is 0.548.